The average Bonchev–Trinajstić information content (AvgIpc) is 3.26. The zero-order chi connectivity index (χ0) is 16.1. The highest BCUT2D eigenvalue weighted by atomic mass is 16.2. The Labute approximate surface area is 137 Å². The fourth-order valence-corrected chi connectivity index (χ4v) is 3.77. The lowest BCUT2D eigenvalue weighted by Gasteiger charge is -2.32. The predicted octanol–water partition coefficient (Wildman–Crippen LogP) is 1.96. The monoisotopic (exact) mass is 318 g/mol. The summed E-state index contributed by atoms with van der Waals surface area (Å²) >= 11 is 0. The maximum Gasteiger partial charge on any atom is 0.257 e. The van der Waals surface area contributed by atoms with Crippen molar-refractivity contribution in [2.75, 3.05) is 19.6 Å². The molecular weight excluding hydrogens is 292 g/mol. The summed E-state index contributed by atoms with van der Waals surface area (Å²) in [5.74, 6) is 1.14. The number of amides is 2. The lowest BCUT2D eigenvalue weighted by Crippen LogP contribution is -2.43. The number of hydrogen-bond donors (Lipinski definition) is 2. The molecule has 6 nitrogen and oxygen atoms in total. The molecule has 23 heavy (non-hydrogen) atoms. The molecule has 1 aliphatic carbocycles. The lowest BCUT2D eigenvalue weighted by atomic mass is 9.97. The third-order valence-electron chi connectivity index (χ3n) is 5.09. The fourth-order valence-electron chi connectivity index (χ4n) is 3.77. The van der Waals surface area contributed by atoms with E-state index in [4.69, 9.17) is 0 Å². The summed E-state index contributed by atoms with van der Waals surface area (Å²) < 4.78 is 0. The Hall–Kier alpha value is -1.85. The number of H-pyrrole nitrogens is 1. The van der Waals surface area contributed by atoms with Crippen LogP contribution >= 0.6 is 0 Å². The van der Waals surface area contributed by atoms with Gasteiger partial charge in [-0.05, 0) is 37.5 Å². The first-order chi connectivity index (χ1) is 11.2. The van der Waals surface area contributed by atoms with Gasteiger partial charge < -0.3 is 10.2 Å². The standard InChI is InChI=1S/C17H26N4O2/c22-16(8-13-4-1-2-5-13)18-9-14-6-3-7-21(12-14)17(23)15-10-19-20-11-15/h10-11,13-14H,1-9,12H2,(H,18,22)(H,19,20). The lowest BCUT2D eigenvalue weighted by molar-refractivity contribution is -0.122. The maximum absolute atomic E-state index is 12.4. The van der Waals surface area contributed by atoms with E-state index in [0.717, 1.165) is 19.4 Å². The van der Waals surface area contributed by atoms with Crippen LogP contribution in [0.15, 0.2) is 12.4 Å². The van der Waals surface area contributed by atoms with E-state index in [-0.39, 0.29) is 11.8 Å². The molecule has 1 atom stereocenters. The minimum atomic E-state index is 0.0285. The van der Waals surface area contributed by atoms with Crippen molar-refractivity contribution in [3.8, 4) is 0 Å². The third-order valence-corrected chi connectivity index (χ3v) is 5.09. The summed E-state index contributed by atoms with van der Waals surface area (Å²) in [7, 11) is 0. The first-order valence-electron chi connectivity index (χ1n) is 8.77. The maximum atomic E-state index is 12.4. The normalized spacial score (nSPS) is 22.3. The Morgan fingerprint density at radius 2 is 2.00 bits per heavy atom. The highest BCUT2D eigenvalue weighted by Gasteiger charge is 2.25. The number of nitrogens with one attached hydrogen (secondary N) is 2. The Kier molecular flexibility index (Phi) is 5.31. The quantitative estimate of drug-likeness (QED) is 0.871. The molecule has 1 aromatic heterocycles. The summed E-state index contributed by atoms with van der Waals surface area (Å²) in [6.07, 6.45) is 10.9. The molecule has 1 saturated heterocycles. The average molecular weight is 318 g/mol. The summed E-state index contributed by atoms with van der Waals surface area (Å²) in [5.41, 5.74) is 0.607. The molecule has 1 aliphatic heterocycles. The Balaban J connectivity index is 1.43. The van der Waals surface area contributed by atoms with Crippen molar-refractivity contribution >= 4 is 11.8 Å². The minimum absolute atomic E-state index is 0.0285. The molecule has 126 valence electrons. The Morgan fingerprint density at radius 1 is 1.22 bits per heavy atom. The van der Waals surface area contributed by atoms with E-state index in [2.05, 4.69) is 15.5 Å². The number of piperidine rings is 1. The van der Waals surface area contributed by atoms with Crippen LogP contribution in [0.25, 0.3) is 0 Å². The van der Waals surface area contributed by atoms with Crippen molar-refractivity contribution in [2.24, 2.45) is 11.8 Å². The van der Waals surface area contributed by atoms with Crippen LogP contribution in [0.3, 0.4) is 0 Å². The molecule has 0 radical (unpaired) electrons. The summed E-state index contributed by atoms with van der Waals surface area (Å²) in [5, 5.41) is 9.59. The van der Waals surface area contributed by atoms with Crippen molar-refractivity contribution in [1.82, 2.24) is 20.4 Å². The number of rotatable bonds is 5. The molecule has 0 bridgehead atoms. The molecule has 2 N–H and O–H groups in total. The highest BCUT2D eigenvalue weighted by Crippen LogP contribution is 2.27. The molecule has 2 fully saturated rings. The molecule has 1 unspecified atom stereocenters. The van der Waals surface area contributed by atoms with E-state index in [1.807, 2.05) is 4.90 Å². The van der Waals surface area contributed by atoms with Crippen LogP contribution < -0.4 is 5.32 Å². The summed E-state index contributed by atoms with van der Waals surface area (Å²) in [6.45, 7) is 2.19. The van der Waals surface area contributed by atoms with E-state index in [1.54, 1.807) is 12.4 Å². The molecule has 0 aromatic carbocycles. The van der Waals surface area contributed by atoms with Gasteiger partial charge in [0.25, 0.3) is 5.91 Å². The third kappa shape index (κ3) is 4.33. The number of carbonyl (C=O) groups excluding carboxylic acids is 2. The van der Waals surface area contributed by atoms with Gasteiger partial charge in [-0.1, -0.05) is 12.8 Å². The first kappa shape index (κ1) is 16.0. The van der Waals surface area contributed by atoms with Gasteiger partial charge in [-0.15, -0.1) is 0 Å². The van der Waals surface area contributed by atoms with E-state index >= 15 is 0 Å². The largest absolute Gasteiger partial charge is 0.356 e. The number of hydrogen-bond acceptors (Lipinski definition) is 3. The van der Waals surface area contributed by atoms with Crippen LogP contribution in [0.1, 0.15) is 55.3 Å². The topological polar surface area (TPSA) is 78.1 Å². The van der Waals surface area contributed by atoms with Crippen molar-refractivity contribution in [1.29, 1.82) is 0 Å². The molecule has 2 aliphatic rings. The van der Waals surface area contributed by atoms with Crippen molar-refractivity contribution in [2.45, 2.75) is 44.9 Å². The molecule has 3 rings (SSSR count). The van der Waals surface area contributed by atoms with E-state index in [0.29, 0.717) is 36.9 Å². The molecule has 2 heterocycles. The van der Waals surface area contributed by atoms with Gasteiger partial charge in [-0.25, -0.2) is 0 Å². The molecule has 0 spiro atoms. The van der Waals surface area contributed by atoms with Crippen molar-refractivity contribution < 1.29 is 9.59 Å². The van der Waals surface area contributed by atoms with E-state index in [1.165, 1.54) is 25.7 Å². The number of aromatic amines is 1. The van der Waals surface area contributed by atoms with Crippen molar-refractivity contribution in [3.63, 3.8) is 0 Å². The second kappa shape index (κ2) is 7.62. The Morgan fingerprint density at radius 3 is 2.74 bits per heavy atom. The number of carbonyl (C=O) groups is 2. The van der Waals surface area contributed by atoms with Crippen LogP contribution in [-0.4, -0.2) is 46.5 Å². The van der Waals surface area contributed by atoms with Gasteiger partial charge in [0.05, 0.1) is 11.8 Å². The van der Waals surface area contributed by atoms with Gasteiger partial charge in [-0.3, -0.25) is 14.7 Å². The van der Waals surface area contributed by atoms with Crippen LogP contribution in [-0.2, 0) is 4.79 Å². The summed E-state index contributed by atoms with van der Waals surface area (Å²) in [4.78, 5) is 26.3. The van der Waals surface area contributed by atoms with Gasteiger partial charge >= 0.3 is 0 Å². The van der Waals surface area contributed by atoms with Gasteiger partial charge in [0.2, 0.25) is 5.91 Å². The summed E-state index contributed by atoms with van der Waals surface area (Å²) in [6, 6.07) is 0. The smallest absolute Gasteiger partial charge is 0.257 e. The van der Waals surface area contributed by atoms with E-state index < -0.39 is 0 Å². The zero-order valence-electron chi connectivity index (χ0n) is 13.6. The van der Waals surface area contributed by atoms with E-state index in [9.17, 15) is 9.59 Å². The molecular formula is C17H26N4O2. The minimum Gasteiger partial charge on any atom is -0.356 e. The van der Waals surface area contributed by atoms with Gasteiger partial charge in [-0.2, -0.15) is 5.10 Å². The van der Waals surface area contributed by atoms with Crippen molar-refractivity contribution in [3.05, 3.63) is 18.0 Å². The number of aromatic nitrogens is 2. The van der Waals surface area contributed by atoms with Crippen LogP contribution in [0.5, 0.6) is 0 Å². The van der Waals surface area contributed by atoms with Crippen LogP contribution in [0.2, 0.25) is 0 Å². The molecule has 1 saturated carbocycles. The SMILES string of the molecule is O=C(CC1CCCC1)NCC1CCCN(C(=O)c2cn[nH]c2)C1. The first-order valence-corrected chi connectivity index (χ1v) is 8.77. The van der Waals surface area contributed by atoms with Gasteiger partial charge in [0.15, 0.2) is 0 Å². The van der Waals surface area contributed by atoms with Crippen LogP contribution in [0.4, 0.5) is 0 Å². The zero-order valence-corrected chi connectivity index (χ0v) is 13.6. The molecule has 6 heteroatoms. The Bertz CT molecular complexity index is 523. The van der Waals surface area contributed by atoms with Gasteiger partial charge in [0.1, 0.15) is 0 Å². The van der Waals surface area contributed by atoms with Gasteiger partial charge in [0, 0.05) is 32.3 Å². The fraction of sp³-hybridized carbons (Fsp3) is 0.706. The number of likely N-dealkylation sites (tertiary alicyclic amines) is 1. The second-order valence-corrected chi connectivity index (χ2v) is 6.91. The second-order valence-electron chi connectivity index (χ2n) is 6.91. The molecule has 1 aromatic rings. The van der Waals surface area contributed by atoms with Crippen LogP contribution in [0, 0.1) is 11.8 Å². The number of nitrogens with zero attached hydrogens (tertiary/aromatic N) is 2. The molecule has 2 amide bonds. The highest BCUT2D eigenvalue weighted by molar-refractivity contribution is 5.93. The predicted molar refractivity (Wildman–Crippen MR) is 86.8 cm³/mol.